The van der Waals surface area contributed by atoms with E-state index in [4.69, 9.17) is 0 Å². The van der Waals surface area contributed by atoms with Crippen molar-refractivity contribution in [2.45, 2.75) is 6.92 Å². The Labute approximate surface area is 72.2 Å². The molecule has 3 N–H and O–H groups in total. The normalized spacial score (nSPS) is 9.64. The van der Waals surface area contributed by atoms with Gasteiger partial charge < -0.3 is 16.0 Å². The van der Waals surface area contributed by atoms with Crippen molar-refractivity contribution in [3.05, 3.63) is 0 Å². The maximum Gasteiger partial charge on any atom is 0.234 e. The van der Waals surface area contributed by atoms with Crippen LogP contribution in [0.3, 0.4) is 0 Å². The second-order valence-electron chi connectivity index (χ2n) is 2.23. The highest BCUT2D eigenvalue weighted by Gasteiger charge is 1.96. The van der Waals surface area contributed by atoms with Crippen molar-refractivity contribution in [1.82, 2.24) is 16.0 Å². The van der Waals surface area contributed by atoms with Crippen LogP contribution in [0.5, 0.6) is 0 Å². The van der Waals surface area contributed by atoms with Gasteiger partial charge in [-0.1, -0.05) is 6.92 Å². The Kier molecular flexibility index (Phi) is 7.08. The second kappa shape index (κ2) is 7.50. The fraction of sp³-hybridized carbons (Fsp3) is 0.857. The summed E-state index contributed by atoms with van der Waals surface area (Å²) >= 11 is 0. The Morgan fingerprint density at radius 3 is 2.73 bits per heavy atom. The van der Waals surface area contributed by atoms with Gasteiger partial charge in [0.1, 0.15) is 0 Å². The van der Waals surface area contributed by atoms with Crippen LogP contribution in [-0.2, 0) is 4.79 Å². The minimum atomic E-state index is 0. The van der Waals surface area contributed by atoms with E-state index in [1.54, 1.807) is 0 Å². The van der Waals surface area contributed by atoms with E-state index in [0.29, 0.717) is 13.1 Å². The molecule has 0 aliphatic heterocycles. The Bertz CT molecular complexity index is 116. The van der Waals surface area contributed by atoms with E-state index in [9.17, 15) is 4.79 Å². The van der Waals surface area contributed by atoms with Crippen LogP contribution in [0.2, 0.25) is 0 Å². The molecule has 0 atom stereocenters. The van der Waals surface area contributed by atoms with Crippen molar-refractivity contribution in [3.63, 3.8) is 0 Å². The van der Waals surface area contributed by atoms with Gasteiger partial charge in [0.15, 0.2) is 0 Å². The summed E-state index contributed by atoms with van der Waals surface area (Å²) in [5, 5.41) is 8.64. The third kappa shape index (κ3) is 7.29. The molecule has 72 valence electrons. The number of hydrogen-bond donors (Lipinski definition) is 3. The van der Waals surface area contributed by atoms with E-state index in [-0.39, 0.29) is 10.2 Å². The number of nitrogens with one attached hydrogen (secondary N) is 3. The first-order valence-corrected chi connectivity index (χ1v) is 3.93. The Morgan fingerprint density at radius 2 is 2.18 bits per heavy atom. The molecule has 0 rings (SSSR count). The standard InChI is InChI=1S/C7H17N3O.3H2/c1-3-9-6-7(11)10-5-4-8-2;;;/h8-9H,3-6H2,1-2H3,(H,10,11);3*1H. The summed E-state index contributed by atoms with van der Waals surface area (Å²) in [6.07, 6.45) is 0. The van der Waals surface area contributed by atoms with Crippen LogP contribution in [0.15, 0.2) is 0 Å². The van der Waals surface area contributed by atoms with Crippen molar-refractivity contribution in [2.75, 3.05) is 33.2 Å². The summed E-state index contributed by atoms with van der Waals surface area (Å²) in [6, 6.07) is 0. The SMILES string of the molecule is CCNCC(=O)NCCNC.[HH].[HH].[HH]. The lowest BCUT2D eigenvalue weighted by atomic mass is 10.5. The number of carbonyl (C=O) groups excluding carboxylic acids is 1. The van der Waals surface area contributed by atoms with Gasteiger partial charge in [0.05, 0.1) is 6.54 Å². The highest BCUT2D eigenvalue weighted by molar-refractivity contribution is 5.77. The summed E-state index contributed by atoms with van der Waals surface area (Å²) < 4.78 is 0. The fourth-order valence-electron chi connectivity index (χ4n) is 0.628. The molecule has 11 heavy (non-hydrogen) atoms. The molecule has 0 fully saturated rings. The van der Waals surface area contributed by atoms with Crippen LogP contribution >= 0.6 is 0 Å². The van der Waals surface area contributed by atoms with Crippen LogP contribution in [0.4, 0.5) is 0 Å². The van der Waals surface area contributed by atoms with Gasteiger partial charge in [-0.3, -0.25) is 4.79 Å². The number of rotatable bonds is 6. The van der Waals surface area contributed by atoms with Crippen molar-refractivity contribution < 1.29 is 9.07 Å². The zero-order valence-corrected chi connectivity index (χ0v) is 7.24. The average Bonchev–Trinajstić information content (AvgIpc) is 2.01. The smallest absolute Gasteiger partial charge is 0.234 e. The zero-order chi connectivity index (χ0) is 8.53. The molecule has 0 saturated carbocycles. The van der Waals surface area contributed by atoms with Gasteiger partial charge >= 0.3 is 0 Å². The lowest BCUT2D eigenvalue weighted by Gasteiger charge is -2.03. The molecule has 0 aliphatic rings. The number of hydrogen-bond acceptors (Lipinski definition) is 3. The van der Waals surface area contributed by atoms with Crippen LogP contribution in [0, 0.1) is 0 Å². The van der Waals surface area contributed by atoms with Crippen molar-refractivity contribution in [2.24, 2.45) is 0 Å². The largest absolute Gasteiger partial charge is 0.354 e. The molecule has 0 saturated heterocycles. The summed E-state index contributed by atoms with van der Waals surface area (Å²) in [5.41, 5.74) is 0. The molecule has 0 unspecified atom stereocenters. The molecule has 0 heterocycles. The molecule has 0 aromatic heterocycles. The molecule has 0 spiro atoms. The third-order valence-electron chi connectivity index (χ3n) is 1.23. The first-order chi connectivity index (χ1) is 5.31. The van der Waals surface area contributed by atoms with E-state index >= 15 is 0 Å². The van der Waals surface area contributed by atoms with E-state index in [1.807, 2.05) is 14.0 Å². The molecule has 0 aliphatic carbocycles. The maximum absolute atomic E-state index is 10.9. The maximum atomic E-state index is 10.9. The highest BCUT2D eigenvalue weighted by atomic mass is 16.1. The van der Waals surface area contributed by atoms with Gasteiger partial charge in [-0.05, 0) is 13.6 Å². The van der Waals surface area contributed by atoms with Gasteiger partial charge in [0.25, 0.3) is 0 Å². The lowest BCUT2D eigenvalue weighted by molar-refractivity contribution is -0.120. The zero-order valence-electron chi connectivity index (χ0n) is 7.24. The average molecular weight is 165 g/mol. The lowest BCUT2D eigenvalue weighted by Crippen LogP contribution is -2.36. The number of likely N-dealkylation sites (N-methyl/N-ethyl adjacent to an activating group) is 2. The van der Waals surface area contributed by atoms with Gasteiger partial charge in [0, 0.05) is 17.4 Å². The molecule has 0 aromatic rings. The quantitative estimate of drug-likeness (QED) is 0.472. The Hall–Kier alpha value is -0.610. The topological polar surface area (TPSA) is 53.2 Å². The summed E-state index contributed by atoms with van der Waals surface area (Å²) in [7, 11) is 1.86. The van der Waals surface area contributed by atoms with Crippen molar-refractivity contribution >= 4 is 5.91 Å². The highest BCUT2D eigenvalue weighted by Crippen LogP contribution is 1.63. The summed E-state index contributed by atoms with van der Waals surface area (Å²) in [5.74, 6) is 0.0575. The predicted octanol–water partition coefficient (Wildman–Crippen LogP) is -0.330. The number of carbonyl (C=O) groups is 1. The van der Waals surface area contributed by atoms with E-state index in [0.717, 1.165) is 13.1 Å². The van der Waals surface area contributed by atoms with E-state index in [2.05, 4.69) is 16.0 Å². The van der Waals surface area contributed by atoms with Crippen LogP contribution in [-0.4, -0.2) is 39.1 Å². The monoisotopic (exact) mass is 165 g/mol. The molecule has 1 amide bonds. The molecule has 0 bridgehead atoms. The minimum absolute atomic E-state index is 0. The Balaban J connectivity index is -0.000000167. The van der Waals surface area contributed by atoms with Gasteiger partial charge in [0.2, 0.25) is 5.91 Å². The molecular formula is C7H23N3O. The van der Waals surface area contributed by atoms with E-state index < -0.39 is 0 Å². The second-order valence-corrected chi connectivity index (χ2v) is 2.23. The van der Waals surface area contributed by atoms with E-state index in [1.165, 1.54) is 0 Å². The number of amides is 1. The van der Waals surface area contributed by atoms with Crippen LogP contribution in [0.25, 0.3) is 0 Å². The van der Waals surface area contributed by atoms with Crippen LogP contribution < -0.4 is 16.0 Å². The molecule has 4 heteroatoms. The Morgan fingerprint density at radius 1 is 1.45 bits per heavy atom. The minimum Gasteiger partial charge on any atom is -0.354 e. The summed E-state index contributed by atoms with van der Waals surface area (Å²) in [6.45, 7) is 4.74. The molecule has 0 radical (unpaired) electrons. The third-order valence-corrected chi connectivity index (χ3v) is 1.23. The molecule has 4 nitrogen and oxygen atoms in total. The molecular weight excluding hydrogens is 142 g/mol. The first-order valence-electron chi connectivity index (χ1n) is 3.93. The van der Waals surface area contributed by atoms with Crippen LogP contribution in [0.1, 0.15) is 11.2 Å². The van der Waals surface area contributed by atoms with Crippen molar-refractivity contribution in [3.8, 4) is 0 Å². The first kappa shape index (κ1) is 10.4. The van der Waals surface area contributed by atoms with Gasteiger partial charge in [-0.25, -0.2) is 0 Å². The van der Waals surface area contributed by atoms with Gasteiger partial charge in [-0.15, -0.1) is 0 Å². The van der Waals surface area contributed by atoms with Crippen molar-refractivity contribution in [1.29, 1.82) is 0 Å². The summed E-state index contributed by atoms with van der Waals surface area (Å²) in [4.78, 5) is 10.9. The predicted molar refractivity (Wildman–Crippen MR) is 51.8 cm³/mol. The van der Waals surface area contributed by atoms with Gasteiger partial charge in [-0.2, -0.15) is 0 Å². The molecule has 0 aromatic carbocycles. The fourth-order valence-corrected chi connectivity index (χ4v) is 0.628.